The number of carbonyl (C=O) groups is 1. The van der Waals surface area contributed by atoms with Crippen molar-refractivity contribution >= 4 is 23.2 Å². The number of methoxy groups -OCH3 is 1. The van der Waals surface area contributed by atoms with Crippen molar-refractivity contribution in [1.82, 2.24) is 9.80 Å². The molecule has 1 aliphatic heterocycles. The third kappa shape index (κ3) is 5.14. The molecular formula is C21H25ClFN3O2. The maximum atomic E-state index is 13.8. The van der Waals surface area contributed by atoms with Crippen LogP contribution in [0.25, 0.3) is 0 Å². The van der Waals surface area contributed by atoms with Gasteiger partial charge in [0.1, 0.15) is 0 Å². The fraction of sp³-hybridized carbons (Fsp3) is 0.381. The van der Waals surface area contributed by atoms with Gasteiger partial charge in [0.15, 0.2) is 11.6 Å². The molecule has 2 aromatic rings. The molecule has 1 saturated heterocycles. The molecule has 28 heavy (non-hydrogen) atoms. The standard InChI is InChI=1S/C21H25ClFN3O2/c1-24(14-16-6-7-20(28-2)19(23)12-16)15-21(27)26-10-8-25(9-11-26)18-5-3-4-17(22)13-18/h3-7,12-13H,8-11,14-15H2,1-2H3. The lowest BCUT2D eigenvalue weighted by Crippen LogP contribution is -2.51. The third-order valence-electron chi connectivity index (χ3n) is 4.88. The average molecular weight is 406 g/mol. The number of carbonyl (C=O) groups excluding carboxylic acids is 1. The Bertz CT molecular complexity index is 825. The summed E-state index contributed by atoms with van der Waals surface area (Å²) in [7, 11) is 3.30. The number of rotatable bonds is 6. The van der Waals surface area contributed by atoms with Gasteiger partial charge in [0.05, 0.1) is 13.7 Å². The molecular weight excluding hydrogens is 381 g/mol. The summed E-state index contributed by atoms with van der Waals surface area (Å²) in [5, 5.41) is 0.715. The summed E-state index contributed by atoms with van der Waals surface area (Å²) in [5.41, 5.74) is 1.89. The van der Waals surface area contributed by atoms with Gasteiger partial charge >= 0.3 is 0 Å². The Kier molecular flexibility index (Phi) is 6.75. The fourth-order valence-electron chi connectivity index (χ4n) is 3.39. The first-order valence-corrected chi connectivity index (χ1v) is 9.63. The van der Waals surface area contributed by atoms with Gasteiger partial charge in [0, 0.05) is 43.4 Å². The second-order valence-corrected chi connectivity index (χ2v) is 7.43. The van der Waals surface area contributed by atoms with Gasteiger partial charge in [-0.15, -0.1) is 0 Å². The zero-order chi connectivity index (χ0) is 20.1. The molecule has 150 valence electrons. The molecule has 0 atom stereocenters. The summed E-state index contributed by atoms with van der Waals surface area (Å²) in [5.74, 6) is -0.0841. The van der Waals surface area contributed by atoms with E-state index in [1.54, 1.807) is 6.07 Å². The van der Waals surface area contributed by atoms with Gasteiger partial charge < -0.3 is 14.5 Å². The molecule has 0 aliphatic carbocycles. The number of anilines is 1. The number of hydrogen-bond acceptors (Lipinski definition) is 4. The number of piperazine rings is 1. The monoisotopic (exact) mass is 405 g/mol. The summed E-state index contributed by atoms with van der Waals surface area (Å²) < 4.78 is 18.8. The van der Waals surface area contributed by atoms with E-state index in [4.69, 9.17) is 16.3 Å². The van der Waals surface area contributed by atoms with Crippen LogP contribution in [0.15, 0.2) is 42.5 Å². The van der Waals surface area contributed by atoms with E-state index in [9.17, 15) is 9.18 Å². The zero-order valence-electron chi connectivity index (χ0n) is 16.2. The minimum absolute atomic E-state index is 0.0854. The van der Waals surface area contributed by atoms with E-state index in [0.29, 0.717) is 31.2 Å². The molecule has 0 unspecified atom stereocenters. The fourth-order valence-corrected chi connectivity index (χ4v) is 3.58. The van der Waals surface area contributed by atoms with Gasteiger partial charge in [-0.25, -0.2) is 4.39 Å². The van der Waals surface area contributed by atoms with E-state index in [0.717, 1.165) is 24.3 Å². The molecule has 7 heteroatoms. The molecule has 1 aliphatic rings. The summed E-state index contributed by atoms with van der Waals surface area (Å²) in [6.07, 6.45) is 0. The number of amides is 1. The Morgan fingerprint density at radius 2 is 1.93 bits per heavy atom. The van der Waals surface area contributed by atoms with Crippen molar-refractivity contribution in [3.63, 3.8) is 0 Å². The Morgan fingerprint density at radius 3 is 2.57 bits per heavy atom. The van der Waals surface area contributed by atoms with Gasteiger partial charge in [-0.2, -0.15) is 0 Å². The lowest BCUT2D eigenvalue weighted by Gasteiger charge is -2.36. The topological polar surface area (TPSA) is 36.0 Å². The molecule has 0 spiro atoms. The van der Waals surface area contributed by atoms with E-state index in [1.165, 1.54) is 13.2 Å². The number of hydrogen-bond donors (Lipinski definition) is 0. The number of nitrogens with zero attached hydrogens (tertiary/aromatic N) is 3. The van der Waals surface area contributed by atoms with Crippen LogP contribution in [0.1, 0.15) is 5.56 Å². The Labute approximate surface area is 170 Å². The Hall–Kier alpha value is -2.31. The SMILES string of the molecule is COc1ccc(CN(C)CC(=O)N2CCN(c3cccc(Cl)c3)CC2)cc1F. The van der Waals surface area contributed by atoms with Crippen molar-refractivity contribution < 1.29 is 13.9 Å². The van der Waals surface area contributed by atoms with Crippen LogP contribution in [-0.2, 0) is 11.3 Å². The van der Waals surface area contributed by atoms with Crippen LogP contribution in [0.4, 0.5) is 10.1 Å². The molecule has 0 N–H and O–H groups in total. The molecule has 5 nitrogen and oxygen atoms in total. The largest absolute Gasteiger partial charge is 0.494 e. The highest BCUT2D eigenvalue weighted by atomic mass is 35.5. The van der Waals surface area contributed by atoms with Crippen LogP contribution < -0.4 is 9.64 Å². The second-order valence-electron chi connectivity index (χ2n) is 6.99. The first kappa shape index (κ1) is 20.4. The minimum Gasteiger partial charge on any atom is -0.494 e. The van der Waals surface area contributed by atoms with Gasteiger partial charge in [0.2, 0.25) is 5.91 Å². The first-order chi connectivity index (χ1) is 13.5. The predicted octanol–water partition coefficient (Wildman–Crippen LogP) is 3.27. The highest BCUT2D eigenvalue weighted by Crippen LogP contribution is 2.21. The molecule has 1 heterocycles. The maximum Gasteiger partial charge on any atom is 0.236 e. The molecule has 3 rings (SSSR count). The van der Waals surface area contributed by atoms with Crippen molar-refractivity contribution in [1.29, 1.82) is 0 Å². The number of ether oxygens (including phenoxy) is 1. The number of likely N-dealkylation sites (N-methyl/N-ethyl adjacent to an activating group) is 1. The van der Waals surface area contributed by atoms with Crippen LogP contribution in [0.5, 0.6) is 5.75 Å². The normalized spacial score (nSPS) is 14.5. The minimum atomic E-state index is -0.392. The highest BCUT2D eigenvalue weighted by molar-refractivity contribution is 6.30. The van der Waals surface area contributed by atoms with Crippen molar-refractivity contribution in [3.05, 3.63) is 58.9 Å². The van der Waals surface area contributed by atoms with Crippen LogP contribution in [0, 0.1) is 5.82 Å². The van der Waals surface area contributed by atoms with Gasteiger partial charge in [-0.1, -0.05) is 23.7 Å². The summed E-state index contributed by atoms with van der Waals surface area (Å²) in [4.78, 5) is 18.6. The molecule has 0 aromatic heterocycles. The summed E-state index contributed by atoms with van der Waals surface area (Å²) >= 11 is 6.07. The van der Waals surface area contributed by atoms with Crippen LogP contribution in [0.2, 0.25) is 5.02 Å². The average Bonchev–Trinajstić information content (AvgIpc) is 2.68. The quantitative estimate of drug-likeness (QED) is 0.739. The lowest BCUT2D eigenvalue weighted by atomic mass is 10.2. The maximum absolute atomic E-state index is 13.8. The smallest absolute Gasteiger partial charge is 0.236 e. The van der Waals surface area contributed by atoms with Gasteiger partial charge in [-0.05, 0) is 42.9 Å². The molecule has 0 bridgehead atoms. The Morgan fingerprint density at radius 1 is 1.18 bits per heavy atom. The molecule has 2 aromatic carbocycles. The van der Waals surface area contributed by atoms with E-state index >= 15 is 0 Å². The van der Waals surface area contributed by atoms with E-state index < -0.39 is 5.82 Å². The predicted molar refractivity (Wildman–Crippen MR) is 110 cm³/mol. The van der Waals surface area contributed by atoms with E-state index in [2.05, 4.69) is 4.90 Å². The Balaban J connectivity index is 1.49. The summed E-state index contributed by atoms with van der Waals surface area (Å²) in [6.45, 7) is 3.70. The number of benzene rings is 2. The van der Waals surface area contributed by atoms with Gasteiger partial charge in [0.25, 0.3) is 0 Å². The lowest BCUT2D eigenvalue weighted by molar-refractivity contribution is -0.132. The van der Waals surface area contributed by atoms with Crippen molar-refractivity contribution in [3.8, 4) is 5.75 Å². The van der Waals surface area contributed by atoms with E-state index in [1.807, 2.05) is 47.2 Å². The second kappa shape index (κ2) is 9.26. The summed E-state index contributed by atoms with van der Waals surface area (Å²) in [6, 6.07) is 12.6. The van der Waals surface area contributed by atoms with Crippen LogP contribution in [0.3, 0.4) is 0 Å². The molecule has 0 radical (unpaired) electrons. The first-order valence-electron chi connectivity index (χ1n) is 9.25. The van der Waals surface area contributed by atoms with E-state index in [-0.39, 0.29) is 11.7 Å². The van der Waals surface area contributed by atoms with Crippen LogP contribution >= 0.6 is 11.6 Å². The zero-order valence-corrected chi connectivity index (χ0v) is 17.0. The molecule has 0 saturated carbocycles. The van der Waals surface area contributed by atoms with Crippen molar-refractivity contribution in [2.75, 3.05) is 51.8 Å². The van der Waals surface area contributed by atoms with Gasteiger partial charge in [-0.3, -0.25) is 9.69 Å². The third-order valence-corrected chi connectivity index (χ3v) is 5.11. The molecule has 1 amide bonds. The van der Waals surface area contributed by atoms with Crippen molar-refractivity contribution in [2.24, 2.45) is 0 Å². The number of halogens is 2. The van der Waals surface area contributed by atoms with Crippen molar-refractivity contribution in [2.45, 2.75) is 6.54 Å². The highest BCUT2D eigenvalue weighted by Gasteiger charge is 2.22. The van der Waals surface area contributed by atoms with Crippen LogP contribution in [-0.4, -0.2) is 62.6 Å². The molecule has 1 fully saturated rings.